The van der Waals surface area contributed by atoms with Gasteiger partial charge in [0.15, 0.2) is 5.96 Å². The molecule has 0 unspecified atom stereocenters. The SMILES string of the molecule is CCOC1CCN(C(=NC)NCC2(N3CCCC3)CCOCC2)CC1. The lowest BCUT2D eigenvalue weighted by Gasteiger charge is -2.45. The molecule has 25 heavy (non-hydrogen) atoms. The summed E-state index contributed by atoms with van der Waals surface area (Å²) in [5.74, 6) is 1.06. The summed E-state index contributed by atoms with van der Waals surface area (Å²) in [6, 6.07) is 0. The lowest BCUT2D eigenvalue weighted by atomic mass is 9.88. The summed E-state index contributed by atoms with van der Waals surface area (Å²) < 4.78 is 11.4. The number of hydrogen-bond acceptors (Lipinski definition) is 4. The fourth-order valence-corrected chi connectivity index (χ4v) is 4.59. The maximum absolute atomic E-state index is 5.78. The summed E-state index contributed by atoms with van der Waals surface area (Å²) in [5, 5.41) is 3.71. The molecule has 0 aromatic rings. The Morgan fingerprint density at radius 1 is 1.16 bits per heavy atom. The molecule has 0 aromatic heterocycles. The second-order valence-corrected chi connectivity index (χ2v) is 7.57. The van der Waals surface area contributed by atoms with Crippen molar-refractivity contribution in [2.45, 2.75) is 57.1 Å². The van der Waals surface area contributed by atoms with Crippen LogP contribution < -0.4 is 5.32 Å². The molecule has 3 rings (SSSR count). The average molecular weight is 353 g/mol. The Morgan fingerprint density at radius 2 is 1.84 bits per heavy atom. The standard InChI is InChI=1S/C19H36N4O2/c1-3-25-17-6-12-22(13-7-17)18(20-2)21-16-19(8-14-24-15-9-19)23-10-4-5-11-23/h17H,3-16H2,1-2H3,(H,20,21). The van der Waals surface area contributed by atoms with E-state index in [-0.39, 0.29) is 5.54 Å². The van der Waals surface area contributed by atoms with Crippen molar-refractivity contribution in [2.24, 2.45) is 4.99 Å². The lowest BCUT2D eigenvalue weighted by molar-refractivity contribution is -0.0169. The number of aliphatic imine (C=N–C) groups is 1. The van der Waals surface area contributed by atoms with Gasteiger partial charge in [-0.2, -0.15) is 0 Å². The molecular weight excluding hydrogens is 316 g/mol. The lowest BCUT2D eigenvalue weighted by Crippen LogP contribution is -2.59. The highest BCUT2D eigenvalue weighted by atomic mass is 16.5. The highest BCUT2D eigenvalue weighted by Crippen LogP contribution is 2.30. The number of piperidine rings is 1. The van der Waals surface area contributed by atoms with Crippen molar-refractivity contribution in [3.8, 4) is 0 Å². The molecule has 3 heterocycles. The fraction of sp³-hybridized carbons (Fsp3) is 0.947. The van der Waals surface area contributed by atoms with Crippen LogP contribution in [-0.4, -0.2) is 87.0 Å². The van der Waals surface area contributed by atoms with Gasteiger partial charge in [0.05, 0.1) is 6.10 Å². The Labute approximate surface area is 152 Å². The van der Waals surface area contributed by atoms with Gasteiger partial charge < -0.3 is 19.7 Å². The number of ether oxygens (including phenoxy) is 2. The van der Waals surface area contributed by atoms with E-state index in [0.29, 0.717) is 6.10 Å². The number of hydrogen-bond donors (Lipinski definition) is 1. The van der Waals surface area contributed by atoms with Gasteiger partial charge in [-0.05, 0) is 58.5 Å². The van der Waals surface area contributed by atoms with Gasteiger partial charge in [0, 0.05) is 52.0 Å². The molecule has 3 saturated heterocycles. The highest BCUT2D eigenvalue weighted by Gasteiger charge is 2.40. The molecule has 144 valence electrons. The predicted octanol–water partition coefficient (Wildman–Crippen LogP) is 1.71. The zero-order valence-corrected chi connectivity index (χ0v) is 16.1. The molecule has 0 atom stereocenters. The number of nitrogens with zero attached hydrogens (tertiary/aromatic N) is 3. The summed E-state index contributed by atoms with van der Waals surface area (Å²) in [6.07, 6.45) is 7.54. The zero-order chi connectivity index (χ0) is 17.5. The third-order valence-corrected chi connectivity index (χ3v) is 6.13. The van der Waals surface area contributed by atoms with E-state index in [4.69, 9.17) is 9.47 Å². The van der Waals surface area contributed by atoms with Crippen LogP contribution in [0.15, 0.2) is 4.99 Å². The van der Waals surface area contributed by atoms with Crippen molar-refractivity contribution < 1.29 is 9.47 Å². The van der Waals surface area contributed by atoms with Gasteiger partial charge in [-0.25, -0.2) is 0 Å². The molecule has 3 aliphatic heterocycles. The quantitative estimate of drug-likeness (QED) is 0.603. The molecule has 3 fully saturated rings. The first-order chi connectivity index (χ1) is 12.3. The van der Waals surface area contributed by atoms with E-state index in [0.717, 1.165) is 71.1 Å². The second kappa shape index (κ2) is 9.19. The largest absolute Gasteiger partial charge is 0.381 e. The summed E-state index contributed by atoms with van der Waals surface area (Å²) in [6.45, 7) is 10.2. The van der Waals surface area contributed by atoms with Crippen LogP contribution in [0.5, 0.6) is 0 Å². The van der Waals surface area contributed by atoms with Crippen LogP contribution in [0.3, 0.4) is 0 Å². The van der Waals surface area contributed by atoms with E-state index in [1.54, 1.807) is 0 Å². The first kappa shape index (κ1) is 18.9. The summed E-state index contributed by atoms with van der Waals surface area (Å²) >= 11 is 0. The summed E-state index contributed by atoms with van der Waals surface area (Å²) in [7, 11) is 1.91. The Bertz CT molecular complexity index is 423. The van der Waals surface area contributed by atoms with Gasteiger partial charge in [-0.3, -0.25) is 9.89 Å². The normalized spacial score (nSPS) is 26.2. The molecule has 0 aromatic carbocycles. The molecule has 6 nitrogen and oxygen atoms in total. The molecule has 0 aliphatic carbocycles. The Morgan fingerprint density at radius 3 is 2.44 bits per heavy atom. The molecule has 0 radical (unpaired) electrons. The van der Waals surface area contributed by atoms with Crippen LogP contribution in [0.2, 0.25) is 0 Å². The first-order valence-electron chi connectivity index (χ1n) is 10.2. The molecule has 1 N–H and O–H groups in total. The number of guanidine groups is 1. The monoisotopic (exact) mass is 352 g/mol. The van der Waals surface area contributed by atoms with Gasteiger partial charge >= 0.3 is 0 Å². The van der Waals surface area contributed by atoms with E-state index < -0.39 is 0 Å². The minimum atomic E-state index is 0.244. The van der Waals surface area contributed by atoms with Crippen LogP contribution in [0.4, 0.5) is 0 Å². The van der Waals surface area contributed by atoms with E-state index in [1.807, 2.05) is 7.05 Å². The van der Waals surface area contributed by atoms with Gasteiger partial charge in [-0.15, -0.1) is 0 Å². The number of rotatable bonds is 5. The zero-order valence-electron chi connectivity index (χ0n) is 16.1. The second-order valence-electron chi connectivity index (χ2n) is 7.57. The number of likely N-dealkylation sites (tertiary alicyclic amines) is 2. The Hall–Kier alpha value is -0.850. The molecular formula is C19H36N4O2. The molecule has 6 heteroatoms. The topological polar surface area (TPSA) is 49.3 Å². The predicted molar refractivity (Wildman–Crippen MR) is 101 cm³/mol. The Balaban J connectivity index is 1.56. The van der Waals surface area contributed by atoms with Crippen molar-refractivity contribution in [3.63, 3.8) is 0 Å². The van der Waals surface area contributed by atoms with E-state index in [9.17, 15) is 0 Å². The molecule has 0 spiro atoms. The fourth-order valence-electron chi connectivity index (χ4n) is 4.59. The van der Waals surface area contributed by atoms with Gasteiger partial charge in [0.1, 0.15) is 0 Å². The molecule has 0 saturated carbocycles. The maximum Gasteiger partial charge on any atom is 0.193 e. The Kier molecular flexibility index (Phi) is 6.96. The van der Waals surface area contributed by atoms with Crippen LogP contribution in [-0.2, 0) is 9.47 Å². The van der Waals surface area contributed by atoms with E-state index >= 15 is 0 Å². The minimum absolute atomic E-state index is 0.244. The smallest absolute Gasteiger partial charge is 0.193 e. The third kappa shape index (κ3) is 4.66. The van der Waals surface area contributed by atoms with E-state index in [2.05, 4.69) is 27.0 Å². The number of nitrogens with one attached hydrogen (secondary N) is 1. The molecule has 0 amide bonds. The van der Waals surface area contributed by atoms with Crippen LogP contribution in [0.25, 0.3) is 0 Å². The highest BCUT2D eigenvalue weighted by molar-refractivity contribution is 5.80. The van der Waals surface area contributed by atoms with Crippen molar-refractivity contribution in [1.29, 1.82) is 0 Å². The van der Waals surface area contributed by atoms with Crippen molar-refractivity contribution in [2.75, 3.05) is 59.6 Å². The van der Waals surface area contributed by atoms with Crippen LogP contribution >= 0.6 is 0 Å². The summed E-state index contributed by atoms with van der Waals surface area (Å²) in [4.78, 5) is 9.67. The van der Waals surface area contributed by atoms with Crippen LogP contribution in [0, 0.1) is 0 Å². The van der Waals surface area contributed by atoms with Crippen molar-refractivity contribution >= 4 is 5.96 Å². The molecule has 3 aliphatic rings. The van der Waals surface area contributed by atoms with Crippen LogP contribution in [0.1, 0.15) is 45.4 Å². The van der Waals surface area contributed by atoms with Gasteiger partial charge in [-0.1, -0.05) is 0 Å². The maximum atomic E-state index is 5.78. The van der Waals surface area contributed by atoms with Gasteiger partial charge in [0.2, 0.25) is 0 Å². The molecule has 0 bridgehead atoms. The minimum Gasteiger partial charge on any atom is -0.381 e. The average Bonchev–Trinajstić information content (AvgIpc) is 3.20. The van der Waals surface area contributed by atoms with Crippen molar-refractivity contribution in [3.05, 3.63) is 0 Å². The van der Waals surface area contributed by atoms with Crippen molar-refractivity contribution in [1.82, 2.24) is 15.1 Å². The van der Waals surface area contributed by atoms with Gasteiger partial charge in [0.25, 0.3) is 0 Å². The van der Waals surface area contributed by atoms with E-state index in [1.165, 1.54) is 25.9 Å². The third-order valence-electron chi connectivity index (χ3n) is 6.13. The summed E-state index contributed by atoms with van der Waals surface area (Å²) in [5.41, 5.74) is 0.244. The first-order valence-corrected chi connectivity index (χ1v) is 10.2.